The molecule has 1 aliphatic heterocycles. The van der Waals surface area contributed by atoms with E-state index in [1.807, 2.05) is 13.0 Å². The molecule has 0 spiro atoms. The maximum Gasteiger partial charge on any atom is 0.275 e. The highest BCUT2D eigenvalue weighted by atomic mass is 16.6. The molecule has 1 saturated heterocycles. The first-order valence-electron chi connectivity index (χ1n) is 7.58. The van der Waals surface area contributed by atoms with Crippen LogP contribution in [0.25, 0.3) is 0 Å². The minimum absolute atomic E-state index is 0.0675. The van der Waals surface area contributed by atoms with E-state index in [1.165, 1.54) is 6.07 Å². The summed E-state index contributed by atoms with van der Waals surface area (Å²) in [6.07, 6.45) is 4.08. The lowest BCUT2D eigenvalue weighted by atomic mass is 10.1. The summed E-state index contributed by atoms with van der Waals surface area (Å²) in [5.41, 5.74) is 0.833. The molecule has 0 saturated carbocycles. The highest BCUT2D eigenvalue weighted by Gasteiger charge is 2.15. The Morgan fingerprint density at radius 1 is 1.38 bits per heavy atom. The Kier molecular flexibility index (Phi) is 5.80. The number of anilines is 1. The van der Waals surface area contributed by atoms with E-state index in [0.717, 1.165) is 44.5 Å². The minimum Gasteiger partial charge on any atom is -0.493 e. The van der Waals surface area contributed by atoms with Crippen molar-refractivity contribution in [2.75, 3.05) is 25.0 Å². The van der Waals surface area contributed by atoms with Crippen LogP contribution in [-0.4, -0.2) is 30.7 Å². The number of nitrogens with zero attached hydrogens (tertiary/aromatic N) is 1. The van der Waals surface area contributed by atoms with E-state index >= 15 is 0 Å². The average Bonchev–Trinajstić information content (AvgIpc) is 2.73. The molecule has 1 unspecified atom stereocenters. The molecule has 1 atom stereocenters. The summed E-state index contributed by atoms with van der Waals surface area (Å²) in [7, 11) is 0. The topological polar surface area (TPSA) is 76.4 Å². The lowest BCUT2D eigenvalue weighted by molar-refractivity contribution is -0.384. The maximum atomic E-state index is 11.0. The number of hydrogen-bond acceptors (Lipinski definition) is 5. The van der Waals surface area contributed by atoms with Gasteiger partial charge in [-0.2, -0.15) is 0 Å². The Labute approximate surface area is 125 Å². The second-order valence-electron chi connectivity index (χ2n) is 5.34. The zero-order valence-electron chi connectivity index (χ0n) is 12.4. The van der Waals surface area contributed by atoms with Crippen LogP contribution in [-0.2, 0) is 0 Å². The first kappa shape index (κ1) is 15.6. The lowest BCUT2D eigenvalue weighted by Gasteiger charge is -2.18. The highest BCUT2D eigenvalue weighted by molar-refractivity contribution is 5.56. The summed E-state index contributed by atoms with van der Waals surface area (Å²) in [6.45, 7) is 4.59. The number of nitro benzene ring substituents is 1. The van der Waals surface area contributed by atoms with Crippen LogP contribution in [0.1, 0.15) is 32.6 Å². The summed E-state index contributed by atoms with van der Waals surface area (Å²) >= 11 is 0. The van der Waals surface area contributed by atoms with Gasteiger partial charge in [0.05, 0.1) is 17.6 Å². The molecule has 1 aromatic carbocycles. The molecule has 6 heteroatoms. The highest BCUT2D eigenvalue weighted by Crippen LogP contribution is 2.27. The first-order chi connectivity index (χ1) is 10.2. The Hall–Kier alpha value is -1.82. The number of rotatable bonds is 6. The van der Waals surface area contributed by atoms with Crippen molar-refractivity contribution in [1.29, 1.82) is 0 Å². The van der Waals surface area contributed by atoms with Crippen molar-refractivity contribution in [3.8, 4) is 5.75 Å². The number of benzene rings is 1. The van der Waals surface area contributed by atoms with Gasteiger partial charge in [-0.25, -0.2) is 0 Å². The van der Waals surface area contributed by atoms with E-state index in [-0.39, 0.29) is 10.6 Å². The van der Waals surface area contributed by atoms with Gasteiger partial charge in [-0.05, 0) is 38.8 Å². The van der Waals surface area contributed by atoms with Crippen LogP contribution >= 0.6 is 0 Å². The smallest absolute Gasteiger partial charge is 0.275 e. The molecule has 2 N–H and O–H groups in total. The van der Waals surface area contributed by atoms with Gasteiger partial charge in [0, 0.05) is 23.9 Å². The number of non-ortho nitro benzene ring substituents is 1. The fourth-order valence-corrected chi connectivity index (χ4v) is 2.47. The third-order valence-corrected chi connectivity index (χ3v) is 3.52. The van der Waals surface area contributed by atoms with Gasteiger partial charge in [0.15, 0.2) is 0 Å². The largest absolute Gasteiger partial charge is 0.493 e. The zero-order chi connectivity index (χ0) is 15.1. The molecule has 2 rings (SSSR count). The molecule has 1 aliphatic rings. The molecule has 6 nitrogen and oxygen atoms in total. The van der Waals surface area contributed by atoms with Crippen LogP contribution in [0, 0.1) is 10.1 Å². The number of nitro groups is 1. The number of hydrogen-bond donors (Lipinski definition) is 2. The number of ether oxygens (including phenoxy) is 1. The lowest BCUT2D eigenvalue weighted by Crippen LogP contribution is -2.21. The molecule has 1 heterocycles. The molecule has 0 aliphatic carbocycles. The molecule has 0 amide bonds. The molecule has 21 heavy (non-hydrogen) atoms. The molecule has 1 aromatic rings. The van der Waals surface area contributed by atoms with Crippen molar-refractivity contribution in [1.82, 2.24) is 5.32 Å². The maximum absolute atomic E-state index is 11.0. The Bertz CT molecular complexity index is 471. The van der Waals surface area contributed by atoms with Gasteiger partial charge in [-0.3, -0.25) is 10.1 Å². The van der Waals surface area contributed by atoms with Crippen molar-refractivity contribution in [2.24, 2.45) is 0 Å². The molecule has 0 aromatic heterocycles. The van der Waals surface area contributed by atoms with Gasteiger partial charge in [0.25, 0.3) is 5.69 Å². The van der Waals surface area contributed by atoms with E-state index in [0.29, 0.717) is 18.4 Å². The first-order valence-corrected chi connectivity index (χ1v) is 7.58. The van der Waals surface area contributed by atoms with Gasteiger partial charge < -0.3 is 15.4 Å². The van der Waals surface area contributed by atoms with Crippen molar-refractivity contribution < 1.29 is 9.66 Å². The summed E-state index contributed by atoms with van der Waals surface area (Å²) in [6, 6.07) is 5.26. The summed E-state index contributed by atoms with van der Waals surface area (Å²) in [5.74, 6) is 0.556. The Morgan fingerprint density at radius 3 is 3.00 bits per heavy atom. The third kappa shape index (κ3) is 4.90. The van der Waals surface area contributed by atoms with Crippen LogP contribution in [0.4, 0.5) is 11.4 Å². The fraction of sp³-hybridized carbons (Fsp3) is 0.600. The quantitative estimate of drug-likeness (QED) is 0.623. The van der Waals surface area contributed by atoms with Gasteiger partial charge >= 0.3 is 0 Å². The van der Waals surface area contributed by atoms with E-state index in [1.54, 1.807) is 6.07 Å². The fourth-order valence-electron chi connectivity index (χ4n) is 2.47. The van der Waals surface area contributed by atoms with Crippen molar-refractivity contribution in [3.05, 3.63) is 28.3 Å². The van der Waals surface area contributed by atoms with E-state index in [4.69, 9.17) is 4.74 Å². The molecule has 116 valence electrons. The molecule has 1 fully saturated rings. The predicted octanol–water partition coefficient (Wildman–Crippen LogP) is 2.94. The summed E-state index contributed by atoms with van der Waals surface area (Å²) < 4.78 is 5.54. The van der Waals surface area contributed by atoms with Crippen molar-refractivity contribution >= 4 is 11.4 Å². The summed E-state index contributed by atoms with van der Waals surface area (Å²) in [4.78, 5) is 10.7. The van der Waals surface area contributed by atoms with Gasteiger partial charge in [-0.1, -0.05) is 6.92 Å². The van der Waals surface area contributed by atoms with Crippen LogP contribution in [0.15, 0.2) is 18.2 Å². The third-order valence-electron chi connectivity index (χ3n) is 3.52. The minimum atomic E-state index is -0.376. The zero-order valence-corrected chi connectivity index (χ0v) is 12.4. The van der Waals surface area contributed by atoms with E-state index in [2.05, 4.69) is 10.6 Å². The monoisotopic (exact) mass is 293 g/mol. The summed E-state index contributed by atoms with van der Waals surface area (Å²) in [5, 5.41) is 17.8. The average molecular weight is 293 g/mol. The van der Waals surface area contributed by atoms with E-state index < -0.39 is 0 Å². The van der Waals surface area contributed by atoms with Gasteiger partial charge in [-0.15, -0.1) is 0 Å². The number of nitrogens with one attached hydrogen (secondary N) is 2. The van der Waals surface area contributed by atoms with Gasteiger partial charge in [0.1, 0.15) is 5.75 Å². The molecular weight excluding hydrogens is 270 g/mol. The second kappa shape index (κ2) is 7.83. The van der Waals surface area contributed by atoms with Crippen LogP contribution in [0.5, 0.6) is 5.75 Å². The predicted molar refractivity (Wildman–Crippen MR) is 83.0 cm³/mol. The molecule has 0 bridgehead atoms. The van der Waals surface area contributed by atoms with Gasteiger partial charge in [0.2, 0.25) is 0 Å². The SMILES string of the molecule is CCCOc1cc(NC2CCCNCC2)cc([N+](=O)[O-])c1. The molecule has 0 radical (unpaired) electrons. The Balaban J connectivity index is 2.12. The molecular formula is C15H23N3O3. The van der Waals surface area contributed by atoms with E-state index in [9.17, 15) is 10.1 Å². The normalized spacial score (nSPS) is 18.8. The standard InChI is InChI=1S/C15H23N3O3/c1-2-8-21-15-10-13(9-14(11-15)18(19)20)17-12-4-3-6-16-7-5-12/h9-12,16-17H,2-8H2,1H3. The van der Waals surface area contributed by atoms with Crippen molar-refractivity contribution in [2.45, 2.75) is 38.6 Å². The van der Waals surface area contributed by atoms with Crippen molar-refractivity contribution in [3.63, 3.8) is 0 Å². The van der Waals surface area contributed by atoms with Crippen LogP contribution in [0.3, 0.4) is 0 Å². The van der Waals surface area contributed by atoms with Crippen LogP contribution in [0.2, 0.25) is 0 Å². The second-order valence-corrected chi connectivity index (χ2v) is 5.34. The van der Waals surface area contributed by atoms with Crippen LogP contribution < -0.4 is 15.4 Å². The Morgan fingerprint density at radius 2 is 2.24 bits per heavy atom.